The molecule has 0 saturated carbocycles. The van der Waals surface area contributed by atoms with Crippen molar-refractivity contribution >= 4 is 33.5 Å². The Morgan fingerprint density at radius 3 is 2.43 bits per heavy atom. The van der Waals surface area contributed by atoms with E-state index in [1.54, 1.807) is 0 Å². The number of carbonyl (C=O) groups excluding carboxylic acids is 2. The highest BCUT2D eigenvalue weighted by atomic mass is 35.5. The zero-order valence-electron chi connectivity index (χ0n) is 15.5. The minimum atomic E-state index is -3.82. The molecule has 2 rings (SSSR count). The SMILES string of the molecule is CN(C)S(=O)(=O)c1cc(C(=O)OCC(=O)NCCc2ccccc2)ccc1Cl. The van der Waals surface area contributed by atoms with Crippen LogP contribution in [0.4, 0.5) is 0 Å². The second-order valence-corrected chi connectivity index (χ2v) is 8.62. The van der Waals surface area contributed by atoms with Gasteiger partial charge in [-0.3, -0.25) is 4.79 Å². The average molecular weight is 425 g/mol. The fourth-order valence-electron chi connectivity index (χ4n) is 2.28. The molecule has 0 radical (unpaired) electrons. The smallest absolute Gasteiger partial charge is 0.338 e. The van der Waals surface area contributed by atoms with Gasteiger partial charge in [0.1, 0.15) is 4.90 Å². The van der Waals surface area contributed by atoms with E-state index in [0.29, 0.717) is 13.0 Å². The summed E-state index contributed by atoms with van der Waals surface area (Å²) in [6, 6.07) is 13.4. The molecule has 1 N–H and O–H groups in total. The third-order valence-corrected chi connectivity index (χ3v) is 6.14. The van der Waals surface area contributed by atoms with Gasteiger partial charge in [0, 0.05) is 20.6 Å². The Hall–Kier alpha value is -2.42. The van der Waals surface area contributed by atoms with Gasteiger partial charge >= 0.3 is 5.97 Å². The molecule has 0 bridgehead atoms. The molecule has 0 spiro atoms. The molecule has 0 unspecified atom stereocenters. The van der Waals surface area contributed by atoms with Crippen molar-refractivity contribution in [3.05, 3.63) is 64.7 Å². The Morgan fingerprint density at radius 2 is 1.79 bits per heavy atom. The molecule has 9 heteroatoms. The van der Waals surface area contributed by atoms with Crippen molar-refractivity contribution in [1.29, 1.82) is 0 Å². The van der Waals surface area contributed by atoms with Crippen molar-refractivity contribution in [3.8, 4) is 0 Å². The van der Waals surface area contributed by atoms with Crippen LogP contribution in [-0.2, 0) is 26.0 Å². The van der Waals surface area contributed by atoms with Crippen LogP contribution in [0, 0.1) is 0 Å². The maximum atomic E-state index is 12.3. The molecule has 0 atom stereocenters. The van der Waals surface area contributed by atoms with Gasteiger partial charge in [0.25, 0.3) is 5.91 Å². The highest BCUT2D eigenvalue weighted by molar-refractivity contribution is 7.89. The lowest BCUT2D eigenvalue weighted by Gasteiger charge is -2.13. The number of halogens is 1. The van der Waals surface area contributed by atoms with Gasteiger partial charge in [0.05, 0.1) is 10.6 Å². The summed E-state index contributed by atoms with van der Waals surface area (Å²) < 4.78 is 30.5. The molecule has 150 valence electrons. The number of ether oxygens (including phenoxy) is 1. The maximum absolute atomic E-state index is 12.3. The van der Waals surface area contributed by atoms with Crippen LogP contribution in [0.5, 0.6) is 0 Å². The van der Waals surface area contributed by atoms with Gasteiger partial charge in [0.15, 0.2) is 6.61 Å². The van der Waals surface area contributed by atoms with Crippen LogP contribution in [-0.4, -0.2) is 51.8 Å². The van der Waals surface area contributed by atoms with E-state index in [-0.39, 0.29) is 15.5 Å². The second kappa shape index (κ2) is 9.68. The summed E-state index contributed by atoms with van der Waals surface area (Å²) in [5.41, 5.74) is 1.07. The summed E-state index contributed by atoms with van der Waals surface area (Å²) in [5.74, 6) is -1.26. The highest BCUT2D eigenvalue weighted by Crippen LogP contribution is 2.25. The largest absolute Gasteiger partial charge is 0.452 e. The standard InChI is InChI=1S/C19H21ClN2O5S/c1-22(2)28(25,26)17-12-15(8-9-16(17)20)19(24)27-13-18(23)21-11-10-14-6-4-3-5-7-14/h3-9,12H,10-11,13H2,1-2H3,(H,21,23). The number of hydrogen-bond acceptors (Lipinski definition) is 5. The number of nitrogens with one attached hydrogen (secondary N) is 1. The van der Waals surface area contributed by atoms with Gasteiger partial charge in [-0.2, -0.15) is 0 Å². The third-order valence-electron chi connectivity index (χ3n) is 3.84. The lowest BCUT2D eigenvalue weighted by Crippen LogP contribution is -2.30. The van der Waals surface area contributed by atoms with Crippen LogP contribution >= 0.6 is 11.6 Å². The first-order valence-corrected chi connectivity index (χ1v) is 10.2. The fraction of sp³-hybridized carbons (Fsp3) is 0.263. The molecule has 0 aliphatic rings. The van der Waals surface area contributed by atoms with E-state index in [9.17, 15) is 18.0 Å². The number of amides is 1. The van der Waals surface area contributed by atoms with Crippen LogP contribution < -0.4 is 5.32 Å². The normalized spacial score (nSPS) is 11.3. The molecule has 2 aromatic carbocycles. The van der Waals surface area contributed by atoms with E-state index >= 15 is 0 Å². The lowest BCUT2D eigenvalue weighted by molar-refractivity contribution is -0.124. The Bertz CT molecular complexity index is 946. The predicted octanol–water partition coefficient (Wildman–Crippen LogP) is 2.11. The van der Waals surface area contributed by atoms with E-state index in [0.717, 1.165) is 15.9 Å². The van der Waals surface area contributed by atoms with Gasteiger partial charge in [-0.25, -0.2) is 17.5 Å². The fourth-order valence-corrected chi connectivity index (χ4v) is 3.67. The number of rotatable bonds is 8. The molecule has 2 aromatic rings. The first kappa shape index (κ1) is 21.9. The zero-order valence-corrected chi connectivity index (χ0v) is 17.1. The monoisotopic (exact) mass is 424 g/mol. The maximum Gasteiger partial charge on any atom is 0.338 e. The molecule has 0 heterocycles. The van der Waals surface area contributed by atoms with E-state index < -0.39 is 28.5 Å². The van der Waals surface area contributed by atoms with Crippen molar-refractivity contribution in [2.45, 2.75) is 11.3 Å². The number of esters is 1. The molecular formula is C19H21ClN2O5S. The van der Waals surface area contributed by atoms with E-state index in [2.05, 4.69) is 5.32 Å². The van der Waals surface area contributed by atoms with Crippen LogP contribution in [0.25, 0.3) is 0 Å². The van der Waals surface area contributed by atoms with Crippen molar-refractivity contribution < 1.29 is 22.7 Å². The minimum absolute atomic E-state index is 0.0103. The Kier molecular flexibility index (Phi) is 7.56. The lowest BCUT2D eigenvalue weighted by atomic mass is 10.1. The van der Waals surface area contributed by atoms with Gasteiger partial charge in [0.2, 0.25) is 10.0 Å². The van der Waals surface area contributed by atoms with Gasteiger partial charge in [-0.1, -0.05) is 41.9 Å². The second-order valence-electron chi connectivity index (χ2n) is 6.09. The molecule has 28 heavy (non-hydrogen) atoms. The molecule has 0 aromatic heterocycles. The molecule has 0 aliphatic carbocycles. The van der Waals surface area contributed by atoms with Crippen LogP contribution in [0.15, 0.2) is 53.4 Å². The number of nitrogens with zero attached hydrogens (tertiary/aromatic N) is 1. The summed E-state index contributed by atoms with van der Waals surface area (Å²) in [6.07, 6.45) is 0.656. The molecule has 0 saturated heterocycles. The number of sulfonamides is 1. The minimum Gasteiger partial charge on any atom is -0.452 e. The Balaban J connectivity index is 1.91. The van der Waals surface area contributed by atoms with Gasteiger partial charge in [-0.05, 0) is 30.2 Å². The van der Waals surface area contributed by atoms with E-state index in [4.69, 9.17) is 16.3 Å². The Morgan fingerprint density at radius 1 is 1.11 bits per heavy atom. The summed E-state index contributed by atoms with van der Waals surface area (Å²) in [4.78, 5) is 23.8. The first-order valence-electron chi connectivity index (χ1n) is 8.41. The topological polar surface area (TPSA) is 92.8 Å². The molecule has 0 fully saturated rings. The van der Waals surface area contributed by atoms with E-state index in [1.165, 1.54) is 26.2 Å². The van der Waals surface area contributed by atoms with Crippen molar-refractivity contribution in [1.82, 2.24) is 9.62 Å². The predicted molar refractivity (Wildman–Crippen MR) is 106 cm³/mol. The zero-order chi connectivity index (χ0) is 20.7. The summed E-state index contributed by atoms with van der Waals surface area (Å²) in [7, 11) is -1.10. The number of hydrogen-bond donors (Lipinski definition) is 1. The third kappa shape index (κ3) is 5.79. The molecule has 0 aliphatic heterocycles. The number of carbonyl (C=O) groups is 2. The van der Waals surface area contributed by atoms with Crippen LogP contribution in [0.2, 0.25) is 5.02 Å². The Labute approximate surface area is 169 Å². The molecule has 1 amide bonds. The number of benzene rings is 2. The highest BCUT2D eigenvalue weighted by Gasteiger charge is 2.23. The van der Waals surface area contributed by atoms with Crippen LogP contribution in [0.3, 0.4) is 0 Å². The molecule has 7 nitrogen and oxygen atoms in total. The summed E-state index contributed by atoms with van der Waals surface area (Å²) >= 11 is 5.94. The molecular weight excluding hydrogens is 404 g/mol. The average Bonchev–Trinajstić information content (AvgIpc) is 2.67. The van der Waals surface area contributed by atoms with Crippen molar-refractivity contribution in [2.75, 3.05) is 27.2 Å². The first-order chi connectivity index (χ1) is 13.2. The summed E-state index contributed by atoms with van der Waals surface area (Å²) in [5, 5.41) is 2.65. The quantitative estimate of drug-likeness (QED) is 0.655. The van der Waals surface area contributed by atoms with Crippen molar-refractivity contribution in [3.63, 3.8) is 0 Å². The van der Waals surface area contributed by atoms with Gasteiger partial charge in [-0.15, -0.1) is 0 Å². The van der Waals surface area contributed by atoms with Gasteiger partial charge < -0.3 is 10.1 Å². The summed E-state index contributed by atoms with van der Waals surface area (Å²) in [6.45, 7) is -0.0570. The van der Waals surface area contributed by atoms with Crippen LogP contribution in [0.1, 0.15) is 15.9 Å². The van der Waals surface area contributed by atoms with E-state index in [1.807, 2.05) is 30.3 Å². The van der Waals surface area contributed by atoms with Crippen molar-refractivity contribution in [2.24, 2.45) is 0 Å².